The average molecular weight is 335 g/mol. The van der Waals surface area contributed by atoms with Crippen LogP contribution in [0.2, 0.25) is 0 Å². The number of amides is 1. The number of rotatable bonds is 7. The molecule has 1 atom stereocenters. The Bertz CT molecular complexity index is 706. The Labute approximate surface area is 139 Å². The molecule has 1 amide bonds. The largest absolute Gasteiger partial charge is 0.490 e. The van der Waals surface area contributed by atoms with Gasteiger partial charge in [0.1, 0.15) is 0 Å². The van der Waals surface area contributed by atoms with Gasteiger partial charge in [-0.15, -0.1) is 0 Å². The fourth-order valence-corrected chi connectivity index (χ4v) is 2.14. The van der Waals surface area contributed by atoms with Crippen molar-refractivity contribution in [2.24, 2.45) is 0 Å². The van der Waals surface area contributed by atoms with Gasteiger partial charge >= 0.3 is 0 Å². The summed E-state index contributed by atoms with van der Waals surface area (Å²) in [5.41, 5.74) is 0.469. The van der Waals surface area contributed by atoms with Gasteiger partial charge in [-0.05, 0) is 43.7 Å². The lowest BCUT2D eigenvalue weighted by molar-refractivity contribution is -0.123. The Morgan fingerprint density at radius 2 is 1.75 bits per heavy atom. The van der Waals surface area contributed by atoms with E-state index in [1.165, 1.54) is 6.07 Å². The number of nitrogens with one attached hydrogen (secondary N) is 1. The minimum Gasteiger partial charge on any atom is -0.490 e. The highest BCUT2D eigenvalue weighted by Gasteiger charge is 2.13. The first-order chi connectivity index (χ1) is 11.5. The highest BCUT2D eigenvalue weighted by molar-refractivity contribution is 5.78. The smallest absolute Gasteiger partial charge is 0.258 e. The summed E-state index contributed by atoms with van der Waals surface area (Å²) in [5.74, 6) is -1.22. The summed E-state index contributed by atoms with van der Waals surface area (Å²) in [4.78, 5) is 12.0. The summed E-state index contributed by atoms with van der Waals surface area (Å²) in [6, 6.07) is 10.1. The molecule has 2 aromatic rings. The maximum absolute atomic E-state index is 13.2. The SMILES string of the molecule is CCOc1ccccc1OCC(=O)NC(C)c1ccc(F)c(F)c1. The Morgan fingerprint density at radius 3 is 2.38 bits per heavy atom. The van der Waals surface area contributed by atoms with Crippen molar-refractivity contribution in [2.45, 2.75) is 19.9 Å². The molecule has 0 fully saturated rings. The normalized spacial score (nSPS) is 11.7. The van der Waals surface area contributed by atoms with Gasteiger partial charge < -0.3 is 14.8 Å². The molecule has 1 N–H and O–H groups in total. The van der Waals surface area contributed by atoms with Gasteiger partial charge in [-0.2, -0.15) is 0 Å². The predicted molar refractivity (Wildman–Crippen MR) is 86.0 cm³/mol. The number of ether oxygens (including phenoxy) is 2. The molecule has 0 saturated carbocycles. The summed E-state index contributed by atoms with van der Waals surface area (Å²) in [6.45, 7) is 3.81. The second-order valence-corrected chi connectivity index (χ2v) is 5.13. The number of halogens is 2. The molecule has 0 aliphatic rings. The number of para-hydroxylation sites is 2. The van der Waals surface area contributed by atoms with Crippen LogP contribution in [0.4, 0.5) is 8.78 Å². The monoisotopic (exact) mass is 335 g/mol. The van der Waals surface area contributed by atoms with Crippen molar-refractivity contribution in [2.75, 3.05) is 13.2 Å². The molecule has 2 rings (SSSR count). The van der Waals surface area contributed by atoms with E-state index in [9.17, 15) is 13.6 Å². The maximum atomic E-state index is 13.2. The number of carbonyl (C=O) groups excluding carboxylic acids is 1. The first-order valence-electron chi connectivity index (χ1n) is 7.60. The van der Waals surface area contributed by atoms with E-state index in [0.717, 1.165) is 12.1 Å². The predicted octanol–water partition coefficient (Wildman–Crippen LogP) is 3.62. The lowest BCUT2D eigenvalue weighted by Crippen LogP contribution is -2.31. The average Bonchev–Trinajstić information content (AvgIpc) is 2.56. The molecule has 4 nitrogen and oxygen atoms in total. The van der Waals surface area contributed by atoms with Gasteiger partial charge in [-0.3, -0.25) is 4.79 Å². The molecule has 0 aromatic heterocycles. The van der Waals surface area contributed by atoms with Crippen molar-refractivity contribution in [1.29, 1.82) is 0 Å². The first kappa shape index (κ1) is 17.7. The van der Waals surface area contributed by atoms with Crippen LogP contribution in [0, 0.1) is 11.6 Å². The van der Waals surface area contributed by atoms with E-state index >= 15 is 0 Å². The standard InChI is InChI=1S/C18H19F2NO3/c1-3-23-16-6-4-5-7-17(16)24-11-18(22)21-12(2)13-8-9-14(19)15(20)10-13/h4-10,12H,3,11H2,1-2H3,(H,21,22). The van der Waals surface area contributed by atoms with Crippen LogP contribution in [-0.2, 0) is 4.79 Å². The fourth-order valence-electron chi connectivity index (χ4n) is 2.14. The van der Waals surface area contributed by atoms with E-state index in [1.807, 2.05) is 13.0 Å². The van der Waals surface area contributed by atoms with Crippen molar-refractivity contribution in [3.63, 3.8) is 0 Å². The topological polar surface area (TPSA) is 47.6 Å². The number of hydrogen-bond acceptors (Lipinski definition) is 3. The van der Waals surface area contributed by atoms with E-state index in [1.54, 1.807) is 25.1 Å². The maximum Gasteiger partial charge on any atom is 0.258 e. The van der Waals surface area contributed by atoms with E-state index in [-0.39, 0.29) is 12.5 Å². The molecule has 0 spiro atoms. The van der Waals surface area contributed by atoms with Gasteiger partial charge in [-0.25, -0.2) is 8.78 Å². The van der Waals surface area contributed by atoms with E-state index < -0.39 is 17.7 Å². The van der Waals surface area contributed by atoms with Gasteiger partial charge in [0.15, 0.2) is 29.7 Å². The molecular formula is C18H19F2NO3. The highest BCUT2D eigenvalue weighted by atomic mass is 19.2. The number of benzene rings is 2. The lowest BCUT2D eigenvalue weighted by Gasteiger charge is -2.16. The second kappa shape index (κ2) is 8.29. The molecule has 0 bridgehead atoms. The quantitative estimate of drug-likeness (QED) is 0.841. The zero-order valence-corrected chi connectivity index (χ0v) is 13.5. The van der Waals surface area contributed by atoms with Crippen LogP contribution in [0.3, 0.4) is 0 Å². The van der Waals surface area contributed by atoms with Gasteiger partial charge in [0.05, 0.1) is 12.6 Å². The molecule has 128 valence electrons. The van der Waals surface area contributed by atoms with Crippen LogP contribution < -0.4 is 14.8 Å². The van der Waals surface area contributed by atoms with Crippen molar-refractivity contribution >= 4 is 5.91 Å². The van der Waals surface area contributed by atoms with Crippen LogP contribution in [0.15, 0.2) is 42.5 Å². The third-order valence-electron chi connectivity index (χ3n) is 3.33. The molecular weight excluding hydrogens is 316 g/mol. The minimum absolute atomic E-state index is 0.210. The van der Waals surface area contributed by atoms with Crippen molar-refractivity contribution in [3.8, 4) is 11.5 Å². The Morgan fingerprint density at radius 1 is 1.08 bits per heavy atom. The summed E-state index contributed by atoms with van der Waals surface area (Å²) < 4.78 is 37.0. The molecule has 1 unspecified atom stereocenters. The number of hydrogen-bond donors (Lipinski definition) is 1. The van der Waals surface area contributed by atoms with Crippen molar-refractivity contribution in [3.05, 3.63) is 59.7 Å². The number of carbonyl (C=O) groups is 1. The van der Waals surface area contributed by atoms with Crippen LogP contribution in [-0.4, -0.2) is 19.1 Å². The van der Waals surface area contributed by atoms with Crippen molar-refractivity contribution in [1.82, 2.24) is 5.32 Å². The summed E-state index contributed by atoms with van der Waals surface area (Å²) >= 11 is 0. The fraction of sp³-hybridized carbons (Fsp3) is 0.278. The molecule has 24 heavy (non-hydrogen) atoms. The molecule has 0 radical (unpaired) electrons. The van der Waals surface area contributed by atoms with Gasteiger partial charge in [0.2, 0.25) is 0 Å². The second-order valence-electron chi connectivity index (χ2n) is 5.13. The van der Waals surface area contributed by atoms with Gasteiger partial charge in [0.25, 0.3) is 5.91 Å². The zero-order valence-electron chi connectivity index (χ0n) is 13.5. The third kappa shape index (κ3) is 4.68. The van der Waals surface area contributed by atoms with E-state index in [4.69, 9.17) is 9.47 Å². The van der Waals surface area contributed by atoms with E-state index in [2.05, 4.69) is 5.32 Å². The lowest BCUT2D eigenvalue weighted by atomic mass is 10.1. The molecule has 0 aliphatic carbocycles. The zero-order chi connectivity index (χ0) is 17.5. The van der Waals surface area contributed by atoms with Crippen LogP contribution in [0.25, 0.3) is 0 Å². The molecule has 0 aliphatic heterocycles. The summed E-state index contributed by atoms with van der Waals surface area (Å²) in [6.07, 6.45) is 0. The Balaban J connectivity index is 1.92. The van der Waals surface area contributed by atoms with Gasteiger partial charge in [-0.1, -0.05) is 18.2 Å². The first-order valence-corrected chi connectivity index (χ1v) is 7.60. The Hall–Kier alpha value is -2.63. The van der Waals surface area contributed by atoms with Crippen LogP contribution in [0.1, 0.15) is 25.5 Å². The summed E-state index contributed by atoms with van der Waals surface area (Å²) in [7, 11) is 0. The van der Waals surface area contributed by atoms with Crippen LogP contribution >= 0.6 is 0 Å². The van der Waals surface area contributed by atoms with Crippen molar-refractivity contribution < 1.29 is 23.0 Å². The van der Waals surface area contributed by atoms with Gasteiger partial charge in [0, 0.05) is 0 Å². The molecule has 2 aromatic carbocycles. The molecule has 0 heterocycles. The van der Waals surface area contributed by atoms with Crippen LogP contribution in [0.5, 0.6) is 11.5 Å². The molecule has 6 heteroatoms. The summed E-state index contributed by atoms with van der Waals surface area (Å²) in [5, 5.41) is 2.67. The van der Waals surface area contributed by atoms with E-state index in [0.29, 0.717) is 23.7 Å². The third-order valence-corrected chi connectivity index (χ3v) is 3.33. The molecule has 0 saturated heterocycles. The Kier molecular flexibility index (Phi) is 6.12. The minimum atomic E-state index is -0.949. The highest BCUT2D eigenvalue weighted by Crippen LogP contribution is 2.26.